The lowest BCUT2D eigenvalue weighted by Gasteiger charge is -2.16. The van der Waals surface area contributed by atoms with Gasteiger partial charge in [0.15, 0.2) is 9.84 Å². The van der Waals surface area contributed by atoms with E-state index < -0.39 is 15.1 Å². The third kappa shape index (κ3) is 3.70. The number of aromatic nitrogens is 2. The van der Waals surface area contributed by atoms with E-state index in [2.05, 4.69) is 5.10 Å². The number of aryl methyl sites for hydroxylation is 1. The van der Waals surface area contributed by atoms with Gasteiger partial charge in [-0.3, -0.25) is 9.48 Å². The Kier molecular flexibility index (Phi) is 5.34. The molecule has 0 aliphatic carbocycles. The molecule has 2 aromatic carbocycles. The maximum absolute atomic E-state index is 13.1. The number of amides is 1. The number of nitrogens with zero attached hydrogens (tertiary/aromatic N) is 3. The van der Waals surface area contributed by atoms with Crippen LogP contribution in [0.15, 0.2) is 65.6 Å². The van der Waals surface area contributed by atoms with Crippen molar-refractivity contribution in [3.8, 4) is 17.0 Å². The minimum absolute atomic E-state index is 0.176. The molecule has 0 spiro atoms. The van der Waals surface area contributed by atoms with Crippen molar-refractivity contribution >= 4 is 15.7 Å². The van der Waals surface area contributed by atoms with Crippen molar-refractivity contribution in [2.75, 3.05) is 20.2 Å². The number of hydrogen-bond donors (Lipinski definition) is 0. The number of hydrogen-bond acceptors (Lipinski definition) is 5. The van der Waals surface area contributed by atoms with Gasteiger partial charge in [-0.25, -0.2) is 8.42 Å². The van der Waals surface area contributed by atoms with Gasteiger partial charge in [0.1, 0.15) is 11.4 Å². The molecule has 3 aromatic rings. The lowest BCUT2D eigenvalue weighted by molar-refractivity contribution is 0.0782. The highest BCUT2D eigenvalue weighted by molar-refractivity contribution is 7.92. The molecule has 0 saturated carbocycles. The van der Waals surface area contributed by atoms with Crippen LogP contribution in [-0.4, -0.2) is 54.5 Å². The van der Waals surface area contributed by atoms with E-state index in [1.807, 2.05) is 24.3 Å². The van der Waals surface area contributed by atoms with Gasteiger partial charge in [-0.2, -0.15) is 5.10 Å². The summed E-state index contributed by atoms with van der Waals surface area (Å²) in [5, 5.41) is 3.86. The molecule has 0 bridgehead atoms. The SMILES string of the molecule is COc1cccc(-c2cc(C(=O)N3CCC(S(=O)(=O)c4ccccc4)C3)n(C)n2)c1. The molecule has 8 heteroatoms. The van der Waals surface area contributed by atoms with Gasteiger partial charge in [0, 0.05) is 25.7 Å². The monoisotopic (exact) mass is 425 g/mol. The van der Waals surface area contributed by atoms with Gasteiger partial charge in [-0.1, -0.05) is 30.3 Å². The Morgan fingerprint density at radius 2 is 1.87 bits per heavy atom. The maximum Gasteiger partial charge on any atom is 0.272 e. The van der Waals surface area contributed by atoms with E-state index in [9.17, 15) is 13.2 Å². The Hall–Kier alpha value is -3.13. The predicted molar refractivity (Wildman–Crippen MR) is 113 cm³/mol. The van der Waals surface area contributed by atoms with Gasteiger partial charge in [0.05, 0.1) is 22.9 Å². The van der Waals surface area contributed by atoms with Crippen molar-refractivity contribution in [1.29, 1.82) is 0 Å². The van der Waals surface area contributed by atoms with E-state index in [0.29, 0.717) is 35.0 Å². The number of ether oxygens (including phenoxy) is 1. The zero-order valence-electron chi connectivity index (χ0n) is 16.9. The van der Waals surface area contributed by atoms with Crippen LogP contribution in [0.2, 0.25) is 0 Å². The molecule has 1 fully saturated rings. The molecule has 1 amide bonds. The summed E-state index contributed by atoms with van der Waals surface area (Å²) in [6.07, 6.45) is 0.420. The Labute approximate surface area is 175 Å². The lowest BCUT2D eigenvalue weighted by Crippen LogP contribution is -2.33. The molecule has 1 saturated heterocycles. The molecule has 30 heavy (non-hydrogen) atoms. The van der Waals surface area contributed by atoms with Crippen LogP contribution in [0.1, 0.15) is 16.9 Å². The molecule has 0 N–H and O–H groups in total. The number of likely N-dealkylation sites (tertiary alicyclic amines) is 1. The summed E-state index contributed by atoms with van der Waals surface area (Å²) in [7, 11) is -0.163. The van der Waals surface area contributed by atoms with Crippen LogP contribution in [0.3, 0.4) is 0 Å². The molecule has 1 aliphatic rings. The predicted octanol–water partition coefficient (Wildman–Crippen LogP) is 2.78. The topological polar surface area (TPSA) is 81.5 Å². The highest BCUT2D eigenvalue weighted by atomic mass is 32.2. The lowest BCUT2D eigenvalue weighted by atomic mass is 10.1. The second kappa shape index (κ2) is 7.95. The molecule has 2 heterocycles. The summed E-state index contributed by atoms with van der Waals surface area (Å²) < 4.78 is 32.6. The van der Waals surface area contributed by atoms with E-state index >= 15 is 0 Å². The van der Waals surface area contributed by atoms with E-state index in [0.717, 1.165) is 5.56 Å². The van der Waals surface area contributed by atoms with E-state index in [4.69, 9.17) is 4.74 Å². The normalized spacial score (nSPS) is 16.6. The smallest absolute Gasteiger partial charge is 0.272 e. The first kappa shape index (κ1) is 20.2. The third-order valence-corrected chi connectivity index (χ3v) is 7.60. The van der Waals surface area contributed by atoms with Crippen LogP contribution >= 0.6 is 0 Å². The number of benzene rings is 2. The van der Waals surface area contributed by atoms with Gasteiger partial charge < -0.3 is 9.64 Å². The summed E-state index contributed by atoms with van der Waals surface area (Å²) >= 11 is 0. The maximum atomic E-state index is 13.1. The first-order chi connectivity index (χ1) is 14.4. The molecular weight excluding hydrogens is 402 g/mol. The van der Waals surface area contributed by atoms with Crippen LogP contribution in [0.5, 0.6) is 5.75 Å². The zero-order valence-corrected chi connectivity index (χ0v) is 17.7. The fraction of sp³-hybridized carbons (Fsp3) is 0.273. The molecule has 156 valence electrons. The summed E-state index contributed by atoms with van der Waals surface area (Å²) in [6, 6.07) is 17.6. The van der Waals surface area contributed by atoms with Gasteiger partial charge in [-0.05, 0) is 36.8 Å². The van der Waals surface area contributed by atoms with Gasteiger partial charge in [0.25, 0.3) is 5.91 Å². The van der Waals surface area contributed by atoms with Crippen molar-refractivity contribution in [3.05, 3.63) is 66.4 Å². The van der Waals surface area contributed by atoms with E-state index in [1.165, 1.54) is 4.68 Å². The van der Waals surface area contributed by atoms with Crippen molar-refractivity contribution in [2.45, 2.75) is 16.6 Å². The Balaban J connectivity index is 1.54. The summed E-state index contributed by atoms with van der Waals surface area (Å²) in [5.74, 6) is 0.490. The summed E-state index contributed by atoms with van der Waals surface area (Å²) in [4.78, 5) is 15.0. The highest BCUT2D eigenvalue weighted by Crippen LogP contribution is 2.27. The number of sulfone groups is 1. The largest absolute Gasteiger partial charge is 0.497 e. The van der Waals surface area contributed by atoms with Crippen molar-refractivity contribution in [1.82, 2.24) is 14.7 Å². The van der Waals surface area contributed by atoms with Crippen LogP contribution in [0.4, 0.5) is 0 Å². The quantitative estimate of drug-likeness (QED) is 0.628. The number of rotatable bonds is 5. The Morgan fingerprint density at radius 3 is 2.60 bits per heavy atom. The van der Waals surface area contributed by atoms with Crippen LogP contribution in [0, 0.1) is 0 Å². The molecule has 1 aromatic heterocycles. The fourth-order valence-electron chi connectivity index (χ4n) is 3.72. The van der Waals surface area contributed by atoms with E-state index in [-0.39, 0.29) is 12.5 Å². The van der Waals surface area contributed by atoms with Crippen molar-refractivity contribution in [2.24, 2.45) is 7.05 Å². The third-order valence-electron chi connectivity index (χ3n) is 5.41. The average molecular weight is 426 g/mol. The minimum Gasteiger partial charge on any atom is -0.497 e. The van der Waals surface area contributed by atoms with Crippen LogP contribution in [0.25, 0.3) is 11.3 Å². The van der Waals surface area contributed by atoms with Crippen LogP contribution < -0.4 is 4.74 Å². The van der Waals surface area contributed by atoms with Crippen molar-refractivity contribution < 1.29 is 17.9 Å². The van der Waals surface area contributed by atoms with E-state index in [1.54, 1.807) is 55.5 Å². The number of carbonyl (C=O) groups excluding carboxylic acids is 1. The first-order valence-electron chi connectivity index (χ1n) is 9.67. The molecule has 1 unspecified atom stereocenters. The second-order valence-electron chi connectivity index (χ2n) is 7.29. The Morgan fingerprint density at radius 1 is 1.10 bits per heavy atom. The minimum atomic E-state index is -3.47. The highest BCUT2D eigenvalue weighted by Gasteiger charge is 2.37. The summed E-state index contributed by atoms with van der Waals surface area (Å²) in [5.41, 5.74) is 1.92. The average Bonchev–Trinajstić information content (AvgIpc) is 3.42. The van der Waals surface area contributed by atoms with Gasteiger partial charge >= 0.3 is 0 Å². The number of methoxy groups -OCH3 is 1. The molecule has 4 rings (SSSR count). The molecule has 7 nitrogen and oxygen atoms in total. The van der Waals surface area contributed by atoms with Gasteiger partial charge in [-0.15, -0.1) is 0 Å². The standard InChI is InChI=1S/C22H23N3O4S/c1-24-21(14-20(23-24)16-7-6-8-17(13-16)29-2)22(26)25-12-11-19(15-25)30(27,28)18-9-4-3-5-10-18/h3-10,13-14,19H,11-12,15H2,1-2H3. The number of carbonyl (C=O) groups is 1. The van der Waals surface area contributed by atoms with Crippen molar-refractivity contribution in [3.63, 3.8) is 0 Å². The fourth-order valence-corrected chi connectivity index (χ4v) is 5.43. The van der Waals surface area contributed by atoms with Gasteiger partial charge in [0.2, 0.25) is 0 Å². The Bertz CT molecular complexity index is 1170. The zero-order chi connectivity index (χ0) is 21.3. The first-order valence-corrected chi connectivity index (χ1v) is 11.2. The second-order valence-corrected chi connectivity index (χ2v) is 9.52. The molecule has 1 atom stereocenters. The summed E-state index contributed by atoms with van der Waals surface area (Å²) in [6.45, 7) is 0.574. The molecular formula is C22H23N3O4S. The molecule has 0 radical (unpaired) electrons. The molecule has 1 aliphatic heterocycles. The van der Waals surface area contributed by atoms with Crippen LogP contribution in [-0.2, 0) is 16.9 Å².